The number of aliphatic hydroxyl groups is 1. The quantitative estimate of drug-likeness (QED) is 0.753. The molecule has 0 aliphatic rings. The summed E-state index contributed by atoms with van der Waals surface area (Å²) in [6.45, 7) is 1.42. The zero-order chi connectivity index (χ0) is 16.1. The normalized spacial score (nSPS) is 11.8. The van der Waals surface area contributed by atoms with Gasteiger partial charge in [0.1, 0.15) is 5.82 Å². The molecule has 0 bridgehead atoms. The summed E-state index contributed by atoms with van der Waals surface area (Å²) in [7, 11) is 0. The molecule has 0 radical (unpaired) electrons. The van der Waals surface area contributed by atoms with Crippen LogP contribution in [0.5, 0.6) is 0 Å². The average Bonchev–Trinajstić information content (AvgIpc) is 3.03. The van der Waals surface area contributed by atoms with Gasteiger partial charge < -0.3 is 15.7 Å². The van der Waals surface area contributed by atoms with E-state index in [-0.39, 0.29) is 17.8 Å². The number of amides is 2. The van der Waals surface area contributed by atoms with Crippen LogP contribution in [0.4, 0.5) is 10.1 Å². The van der Waals surface area contributed by atoms with Gasteiger partial charge in [-0.3, -0.25) is 9.59 Å². The highest BCUT2D eigenvalue weighted by atomic mass is 32.1. The summed E-state index contributed by atoms with van der Waals surface area (Å²) in [5, 5.41) is 18.1. The van der Waals surface area contributed by atoms with Crippen molar-refractivity contribution in [2.24, 2.45) is 0 Å². The molecule has 0 saturated carbocycles. The topological polar surface area (TPSA) is 78.4 Å². The fourth-order valence-electron chi connectivity index (χ4n) is 1.77. The molecule has 5 nitrogen and oxygen atoms in total. The maximum Gasteiger partial charge on any atom is 0.313 e. The third-order valence-corrected chi connectivity index (χ3v) is 3.81. The molecule has 1 aromatic carbocycles. The Morgan fingerprint density at radius 2 is 2.09 bits per heavy atom. The number of hydrogen-bond donors (Lipinski definition) is 3. The molecule has 3 N–H and O–H groups in total. The molecule has 116 valence electrons. The van der Waals surface area contributed by atoms with E-state index in [0.717, 1.165) is 0 Å². The monoisotopic (exact) mass is 322 g/mol. The standard InChI is InChI=1S/C15H15FN2O3S/c1-9-11(16)3-2-4-12(9)18-15(21)14(20)17-7-13(19)10-5-6-22-8-10/h2-6,8,13,19H,7H2,1H3,(H,17,20)(H,18,21). The second-order valence-corrected chi connectivity index (χ2v) is 5.43. The predicted molar refractivity (Wildman–Crippen MR) is 82.1 cm³/mol. The number of rotatable bonds is 4. The van der Waals surface area contributed by atoms with Gasteiger partial charge in [-0.2, -0.15) is 11.3 Å². The maximum atomic E-state index is 13.4. The minimum Gasteiger partial charge on any atom is -0.387 e. The summed E-state index contributed by atoms with van der Waals surface area (Å²) in [6.07, 6.45) is -0.876. The minimum absolute atomic E-state index is 0.0783. The number of aliphatic hydroxyl groups excluding tert-OH is 1. The Labute approximate surface area is 130 Å². The molecule has 0 spiro atoms. The Hall–Kier alpha value is -2.25. The maximum absolute atomic E-state index is 13.4. The van der Waals surface area contributed by atoms with Gasteiger partial charge in [-0.15, -0.1) is 0 Å². The lowest BCUT2D eigenvalue weighted by Gasteiger charge is -2.11. The third-order valence-electron chi connectivity index (χ3n) is 3.11. The second-order valence-electron chi connectivity index (χ2n) is 4.65. The fourth-order valence-corrected chi connectivity index (χ4v) is 2.48. The van der Waals surface area contributed by atoms with Crippen LogP contribution in [-0.2, 0) is 9.59 Å². The molecule has 2 amide bonds. The van der Waals surface area contributed by atoms with Crippen molar-refractivity contribution < 1.29 is 19.1 Å². The van der Waals surface area contributed by atoms with Crippen LogP contribution in [0.15, 0.2) is 35.0 Å². The van der Waals surface area contributed by atoms with E-state index in [2.05, 4.69) is 10.6 Å². The van der Waals surface area contributed by atoms with Crippen molar-refractivity contribution in [2.75, 3.05) is 11.9 Å². The lowest BCUT2D eigenvalue weighted by atomic mass is 10.2. The summed E-state index contributed by atoms with van der Waals surface area (Å²) in [6, 6.07) is 5.94. The Morgan fingerprint density at radius 3 is 2.77 bits per heavy atom. The van der Waals surface area contributed by atoms with Crippen LogP contribution in [0, 0.1) is 12.7 Å². The molecule has 1 atom stereocenters. The molecule has 0 aliphatic carbocycles. The Morgan fingerprint density at radius 1 is 1.32 bits per heavy atom. The highest BCUT2D eigenvalue weighted by Gasteiger charge is 2.17. The number of hydrogen-bond acceptors (Lipinski definition) is 4. The first-order valence-corrected chi connectivity index (χ1v) is 7.47. The number of nitrogens with one attached hydrogen (secondary N) is 2. The average molecular weight is 322 g/mol. The second kappa shape index (κ2) is 7.15. The molecule has 2 aromatic rings. The van der Waals surface area contributed by atoms with Crippen LogP contribution < -0.4 is 10.6 Å². The first-order chi connectivity index (χ1) is 10.5. The van der Waals surface area contributed by atoms with Crippen LogP contribution in [0.1, 0.15) is 17.2 Å². The largest absolute Gasteiger partial charge is 0.387 e. The molecule has 7 heteroatoms. The Bertz CT molecular complexity index is 673. The summed E-state index contributed by atoms with van der Waals surface area (Å²) < 4.78 is 13.4. The van der Waals surface area contributed by atoms with Crippen molar-refractivity contribution in [3.8, 4) is 0 Å². The zero-order valence-corrected chi connectivity index (χ0v) is 12.6. The van der Waals surface area contributed by atoms with E-state index < -0.39 is 23.7 Å². The molecular formula is C15H15FN2O3S. The van der Waals surface area contributed by atoms with E-state index in [1.807, 2.05) is 0 Å². The fraction of sp³-hybridized carbons (Fsp3) is 0.200. The molecule has 1 heterocycles. The number of thiophene rings is 1. The van der Waals surface area contributed by atoms with Gasteiger partial charge in [0.25, 0.3) is 0 Å². The van der Waals surface area contributed by atoms with Gasteiger partial charge in [-0.05, 0) is 41.4 Å². The van der Waals surface area contributed by atoms with Crippen LogP contribution in [0.3, 0.4) is 0 Å². The van der Waals surface area contributed by atoms with E-state index in [1.54, 1.807) is 16.8 Å². The van der Waals surface area contributed by atoms with E-state index in [0.29, 0.717) is 5.56 Å². The zero-order valence-electron chi connectivity index (χ0n) is 11.8. The van der Waals surface area contributed by atoms with Gasteiger partial charge >= 0.3 is 11.8 Å². The molecule has 1 aromatic heterocycles. The number of anilines is 1. The molecular weight excluding hydrogens is 307 g/mol. The summed E-state index contributed by atoms with van der Waals surface area (Å²) in [5.74, 6) is -2.27. The van der Waals surface area contributed by atoms with E-state index >= 15 is 0 Å². The smallest absolute Gasteiger partial charge is 0.313 e. The number of carbonyl (C=O) groups is 2. The predicted octanol–water partition coefficient (Wildman–Crippen LogP) is 1.98. The molecule has 1 unspecified atom stereocenters. The van der Waals surface area contributed by atoms with Gasteiger partial charge in [0, 0.05) is 17.8 Å². The van der Waals surface area contributed by atoms with E-state index in [4.69, 9.17) is 0 Å². The van der Waals surface area contributed by atoms with Gasteiger partial charge in [-0.1, -0.05) is 6.07 Å². The van der Waals surface area contributed by atoms with Crippen molar-refractivity contribution in [3.05, 3.63) is 52.0 Å². The third kappa shape index (κ3) is 3.90. The van der Waals surface area contributed by atoms with Crippen molar-refractivity contribution in [2.45, 2.75) is 13.0 Å². The first kappa shape index (κ1) is 16.1. The Balaban J connectivity index is 1.90. The lowest BCUT2D eigenvalue weighted by molar-refractivity contribution is -0.136. The SMILES string of the molecule is Cc1c(F)cccc1NC(=O)C(=O)NCC(O)c1ccsc1. The van der Waals surface area contributed by atoms with Gasteiger partial charge in [0.15, 0.2) is 0 Å². The van der Waals surface area contributed by atoms with Crippen molar-refractivity contribution in [1.82, 2.24) is 5.32 Å². The van der Waals surface area contributed by atoms with Crippen LogP contribution in [0.25, 0.3) is 0 Å². The molecule has 22 heavy (non-hydrogen) atoms. The van der Waals surface area contributed by atoms with Gasteiger partial charge in [0.05, 0.1) is 6.10 Å². The van der Waals surface area contributed by atoms with E-state index in [1.165, 1.54) is 36.5 Å². The van der Waals surface area contributed by atoms with Gasteiger partial charge in [-0.25, -0.2) is 4.39 Å². The molecule has 2 rings (SSSR count). The Kier molecular flexibility index (Phi) is 5.24. The molecule has 0 fully saturated rings. The van der Waals surface area contributed by atoms with Crippen LogP contribution in [0.2, 0.25) is 0 Å². The lowest BCUT2D eigenvalue weighted by Crippen LogP contribution is -2.37. The summed E-state index contributed by atoms with van der Waals surface area (Å²) >= 11 is 1.43. The number of carbonyl (C=O) groups excluding carboxylic acids is 2. The minimum atomic E-state index is -0.911. The summed E-state index contributed by atoms with van der Waals surface area (Å²) in [5.41, 5.74) is 1.16. The highest BCUT2D eigenvalue weighted by Crippen LogP contribution is 2.17. The van der Waals surface area contributed by atoms with Crippen molar-refractivity contribution >= 4 is 28.8 Å². The number of benzene rings is 1. The summed E-state index contributed by atoms with van der Waals surface area (Å²) in [4.78, 5) is 23.4. The highest BCUT2D eigenvalue weighted by molar-refractivity contribution is 7.07. The van der Waals surface area contributed by atoms with Crippen molar-refractivity contribution in [3.63, 3.8) is 0 Å². The molecule has 0 saturated heterocycles. The van der Waals surface area contributed by atoms with Crippen molar-refractivity contribution in [1.29, 1.82) is 0 Å². The number of halogens is 1. The first-order valence-electron chi connectivity index (χ1n) is 6.53. The van der Waals surface area contributed by atoms with Crippen LogP contribution >= 0.6 is 11.3 Å². The van der Waals surface area contributed by atoms with E-state index in [9.17, 15) is 19.1 Å². The van der Waals surface area contributed by atoms with Gasteiger partial charge in [0.2, 0.25) is 0 Å². The molecule has 0 aliphatic heterocycles. The van der Waals surface area contributed by atoms with Crippen LogP contribution in [-0.4, -0.2) is 23.5 Å².